The van der Waals surface area contributed by atoms with Gasteiger partial charge >= 0.3 is 12.0 Å². The van der Waals surface area contributed by atoms with E-state index in [0.29, 0.717) is 24.5 Å². The van der Waals surface area contributed by atoms with Crippen molar-refractivity contribution in [2.45, 2.75) is 19.9 Å². The van der Waals surface area contributed by atoms with E-state index in [4.69, 9.17) is 14.2 Å². The summed E-state index contributed by atoms with van der Waals surface area (Å²) in [7, 11) is 1.53. The van der Waals surface area contributed by atoms with Gasteiger partial charge in [-0.1, -0.05) is 12.1 Å². The largest absolute Gasteiger partial charge is 0.494 e. The molecule has 0 spiro atoms. The standard InChI is InChI=1S/C17H22N2O5/c1-4-23-13-7-5-12(6-8-13)15-14(11(2)18-17(21)19-15)16(20)24-10-9-22-3/h5-8,15H,4,9-10H2,1-3H3,(H2,18,19,21)/t15-/m1/s1. The molecule has 0 saturated carbocycles. The molecule has 0 fully saturated rings. The minimum absolute atomic E-state index is 0.149. The van der Waals surface area contributed by atoms with E-state index in [1.165, 1.54) is 7.11 Å². The van der Waals surface area contributed by atoms with Crippen LogP contribution in [0.25, 0.3) is 0 Å². The number of esters is 1. The van der Waals surface area contributed by atoms with Crippen LogP contribution in [0.4, 0.5) is 4.79 Å². The van der Waals surface area contributed by atoms with Gasteiger partial charge in [0.15, 0.2) is 0 Å². The average molecular weight is 334 g/mol. The molecule has 1 aliphatic heterocycles. The Morgan fingerprint density at radius 1 is 1.21 bits per heavy atom. The van der Waals surface area contributed by atoms with E-state index in [9.17, 15) is 9.59 Å². The molecule has 1 aromatic rings. The molecule has 2 rings (SSSR count). The van der Waals surface area contributed by atoms with Crippen molar-refractivity contribution in [3.63, 3.8) is 0 Å². The van der Waals surface area contributed by atoms with Gasteiger partial charge in [0.05, 0.1) is 24.8 Å². The maximum atomic E-state index is 12.4. The van der Waals surface area contributed by atoms with Crippen LogP contribution in [0.5, 0.6) is 5.75 Å². The minimum atomic E-state index is -0.579. The van der Waals surface area contributed by atoms with Gasteiger partial charge < -0.3 is 24.8 Å². The summed E-state index contributed by atoms with van der Waals surface area (Å²) in [5.74, 6) is 0.238. The van der Waals surface area contributed by atoms with Crippen LogP contribution in [0, 0.1) is 0 Å². The molecule has 130 valence electrons. The van der Waals surface area contributed by atoms with Gasteiger partial charge in [0, 0.05) is 12.8 Å². The van der Waals surface area contributed by atoms with Gasteiger partial charge in [0.25, 0.3) is 0 Å². The lowest BCUT2D eigenvalue weighted by Gasteiger charge is -2.28. The molecule has 1 aliphatic rings. The number of hydrogen-bond donors (Lipinski definition) is 2. The van der Waals surface area contributed by atoms with Crippen molar-refractivity contribution in [2.75, 3.05) is 26.9 Å². The molecule has 0 saturated heterocycles. The van der Waals surface area contributed by atoms with Gasteiger partial charge in [-0.25, -0.2) is 9.59 Å². The molecule has 0 aromatic heterocycles. The summed E-state index contributed by atoms with van der Waals surface area (Å²) in [6.07, 6.45) is 0. The maximum Gasteiger partial charge on any atom is 0.338 e. The minimum Gasteiger partial charge on any atom is -0.494 e. The lowest BCUT2D eigenvalue weighted by Crippen LogP contribution is -2.45. The van der Waals surface area contributed by atoms with Gasteiger partial charge in [-0.3, -0.25) is 0 Å². The Labute approximate surface area is 141 Å². The quantitative estimate of drug-likeness (QED) is 0.587. The fraction of sp³-hybridized carbons (Fsp3) is 0.412. The number of amides is 2. The number of carbonyl (C=O) groups is 2. The summed E-state index contributed by atoms with van der Waals surface area (Å²) in [4.78, 5) is 24.2. The first-order chi connectivity index (χ1) is 11.6. The number of methoxy groups -OCH3 is 1. The number of urea groups is 1. The van der Waals surface area contributed by atoms with Crippen molar-refractivity contribution in [1.29, 1.82) is 0 Å². The van der Waals surface area contributed by atoms with Crippen LogP contribution in [-0.4, -0.2) is 38.9 Å². The topological polar surface area (TPSA) is 85.9 Å². The van der Waals surface area contributed by atoms with E-state index in [1.54, 1.807) is 19.1 Å². The number of hydrogen-bond acceptors (Lipinski definition) is 5. The molecule has 0 aliphatic carbocycles. The van der Waals surface area contributed by atoms with Crippen molar-refractivity contribution >= 4 is 12.0 Å². The number of allylic oxidation sites excluding steroid dienone is 1. The molecule has 0 unspecified atom stereocenters. The molecule has 1 heterocycles. The lowest BCUT2D eigenvalue weighted by atomic mass is 9.95. The summed E-state index contributed by atoms with van der Waals surface area (Å²) in [6, 6.07) is 6.30. The normalized spacial score (nSPS) is 17.1. The summed E-state index contributed by atoms with van der Waals surface area (Å²) in [6.45, 7) is 4.61. The van der Waals surface area contributed by atoms with Crippen LogP contribution in [0.15, 0.2) is 35.5 Å². The van der Waals surface area contributed by atoms with E-state index < -0.39 is 12.0 Å². The van der Waals surface area contributed by atoms with Gasteiger partial charge in [0.1, 0.15) is 12.4 Å². The highest BCUT2D eigenvalue weighted by molar-refractivity contribution is 5.95. The van der Waals surface area contributed by atoms with Crippen molar-refractivity contribution in [2.24, 2.45) is 0 Å². The summed E-state index contributed by atoms with van der Waals surface area (Å²) in [5.41, 5.74) is 1.61. The van der Waals surface area contributed by atoms with Crippen LogP contribution in [0.3, 0.4) is 0 Å². The monoisotopic (exact) mass is 334 g/mol. The van der Waals surface area contributed by atoms with Crippen LogP contribution in [0.1, 0.15) is 25.5 Å². The predicted molar refractivity (Wildman–Crippen MR) is 87.6 cm³/mol. The first-order valence-corrected chi connectivity index (χ1v) is 7.74. The number of nitrogens with one attached hydrogen (secondary N) is 2. The Morgan fingerprint density at radius 2 is 1.92 bits per heavy atom. The molecule has 1 aromatic carbocycles. The molecule has 2 amide bonds. The Hall–Kier alpha value is -2.54. The lowest BCUT2D eigenvalue weighted by molar-refractivity contribution is -0.140. The summed E-state index contributed by atoms with van der Waals surface area (Å²) < 4.78 is 15.5. The first kappa shape index (κ1) is 17.8. The Morgan fingerprint density at radius 3 is 2.54 bits per heavy atom. The number of benzene rings is 1. The number of ether oxygens (including phenoxy) is 3. The fourth-order valence-electron chi connectivity index (χ4n) is 2.43. The third-order valence-electron chi connectivity index (χ3n) is 3.53. The molecular weight excluding hydrogens is 312 g/mol. The van der Waals surface area contributed by atoms with Gasteiger partial charge in [-0.2, -0.15) is 0 Å². The van der Waals surface area contributed by atoms with Crippen LogP contribution in [-0.2, 0) is 14.3 Å². The molecule has 1 atom stereocenters. The SMILES string of the molecule is CCOc1ccc([C@H]2NC(=O)NC(C)=C2C(=O)OCCOC)cc1. The van der Waals surface area contributed by atoms with E-state index in [0.717, 1.165) is 11.3 Å². The van der Waals surface area contributed by atoms with Crippen LogP contribution >= 0.6 is 0 Å². The highest BCUT2D eigenvalue weighted by atomic mass is 16.6. The highest BCUT2D eigenvalue weighted by Crippen LogP contribution is 2.28. The second kappa shape index (κ2) is 8.35. The van der Waals surface area contributed by atoms with E-state index in [-0.39, 0.29) is 12.6 Å². The maximum absolute atomic E-state index is 12.4. The number of carbonyl (C=O) groups excluding carboxylic acids is 2. The second-order valence-corrected chi connectivity index (χ2v) is 5.20. The molecule has 0 bridgehead atoms. The molecule has 24 heavy (non-hydrogen) atoms. The van der Waals surface area contributed by atoms with Crippen molar-refractivity contribution in [1.82, 2.24) is 10.6 Å². The van der Waals surface area contributed by atoms with Gasteiger partial charge in [-0.05, 0) is 31.5 Å². The Bertz CT molecular complexity index is 624. The second-order valence-electron chi connectivity index (χ2n) is 5.20. The van der Waals surface area contributed by atoms with Crippen LogP contribution in [0.2, 0.25) is 0 Å². The fourth-order valence-corrected chi connectivity index (χ4v) is 2.43. The zero-order valence-corrected chi connectivity index (χ0v) is 14.0. The van der Waals surface area contributed by atoms with Crippen molar-refractivity contribution in [3.8, 4) is 5.75 Å². The molecule has 0 radical (unpaired) electrons. The zero-order valence-electron chi connectivity index (χ0n) is 14.0. The smallest absolute Gasteiger partial charge is 0.338 e. The van der Waals surface area contributed by atoms with E-state index in [1.807, 2.05) is 19.1 Å². The predicted octanol–water partition coefficient (Wildman–Crippen LogP) is 1.90. The van der Waals surface area contributed by atoms with E-state index in [2.05, 4.69) is 10.6 Å². The third-order valence-corrected chi connectivity index (χ3v) is 3.53. The molecule has 2 N–H and O–H groups in total. The Balaban J connectivity index is 2.25. The summed E-state index contributed by atoms with van der Waals surface area (Å²) in [5, 5.41) is 5.36. The van der Waals surface area contributed by atoms with Crippen molar-refractivity contribution < 1.29 is 23.8 Å². The van der Waals surface area contributed by atoms with Crippen LogP contribution < -0.4 is 15.4 Å². The Kier molecular flexibility index (Phi) is 6.20. The average Bonchev–Trinajstić information content (AvgIpc) is 2.55. The number of rotatable bonds is 7. The van der Waals surface area contributed by atoms with Crippen molar-refractivity contribution in [3.05, 3.63) is 41.1 Å². The van der Waals surface area contributed by atoms with Gasteiger partial charge in [-0.15, -0.1) is 0 Å². The molecule has 7 heteroatoms. The first-order valence-electron chi connectivity index (χ1n) is 7.74. The zero-order chi connectivity index (χ0) is 17.5. The van der Waals surface area contributed by atoms with E-state index >= 15 is 0 Å². The molecular formula is C17H22N2O5. The molecule has 7 nitrogen and oxygen atoms in total. The summed E-state index contributed by atoms with van der Waals surface area (Å²) >= 11 is 0. The highest BCUT2D eigenvalue weighted by Gasteiger charge is 2.32. The van der Waals surface area contributed by atoms with Gasteiger partial charge in [0.2, 0.25) is 0 Å². The third kappa shape index (κ3) is 4.26.